The zero-order chi connectivity index (χ0) is 12.0. The van der Waals surface area contributed by atoms with Crippen LogP contribution >= 0.6 is 23.2 Å². The molecule has 0 radical (unpaired) electrons. The minimum atomic E-state index is 0.347. The fourth-order valence-corrected chi connectivity index (χ4v) is 2.25. The minimum absolute atomic E-state index is 0.347. The van der Waals surface area contributed by atoms with Crippen LogP contribution in [0, 0.1) is 0 Å². The van der Waals surface area contributed by atoms with E-state index < -0.39 is 0 Å². The van der Waals surface area contributed by atoms with Crippen molar-refractivity contribution < 1.29 is 0 Å². The maximum absolute atomic E-state index is 6.14. The van der Waals surface area contributed by atoms with Crippen molar-refractivity contribution in [2.45, 2.75) is 25.8 Å². The predicted octanol–water partition coefficient (Wildman–Crippen LogP) is 4.09. The summed E-state index contributed by atoms with van der Waals surface area (Å²) in [5.41, 5.74) is 1.01. The summed E-state index contributed by atoms with van der Waals surface area (Å²) < 4.78 is 0. The Morgan fingerprint density at radius 2 is 2.00 bits per heavy atom. The van der Waals surface area contributed by atoms with Crippen LogP contribution in [0.2, 0.25) is 10.0 Å². The van der Waals surface area contributed by atoms with Crippen molar-refractivity contribution in [1.82, 2.24) is 5.32 Å². The number of likely N-dealkylation sites (N-methyl/N-ethyl adjacent to an activating group) is 1. The van der Waals surface area contributed by atoms with Gasteiger partial charge in [-0.2, -0.15) is 0 Å². The second-order valence-electron chi connectivity index (χ2n) is 3.68. The summed E-state index contributed by atoms with van der Waals surface area (Å²) in [5, 5.41) is 4.87. The highest BCUT2D eigenvalue weighted by Crippen LogP contribution is 2.26. The fourth-order valence-electron chi connectivity index (χ4n) is 1.70. The molecule has 1 unspecified atom stereocenters. The lowest BCUT2D eigenvalue weighted by molar-refractivity contribution is 0.530. The molecule has 0 spiro atoms. The Morgan fingerprint density at radius 1 is 1.38 bits per heavy atom. The standard InChI is InChI=1S/C13H17Cl2N/c1-3-6-10(16-4-2)9-11-12(14)7-5-8-13(11)15/h3,5,7-8,10,16H,1,4,6,9H2,2H3. The molecule has 16 heavy (non-hydrogen) atoms. The van der Waals surface area contributed by atoms with Crippen LogP contribution in [0.4, 0.5) is 0 Å². The van der Waals surface area contributed by atoms with Crippen LogP contribution < -0.4 is 5.32 Å². The molecule has 0 fully saturated rings. The Kier molecular flexibility index (Phi) is 5.89. The van der Waals surface area contributed by atoms with Crippen LogP contribution in [-0.2, 0) is 6.42 Å². The third-order valence-corrected chi connectivity index (χ3v) is 3.16. The summed E-state index contributed by atoms with van der Waals surface area (Å²) in [5.74, 6) is 0. The second-order valence-corrected chi connectivity index (χ2v) is 4.50. The highest BCUT2D eigenvalue weighted by Gasteiger charge is 2.11. The summed E-state index contributed by atoms with van der Waals surface area (Å²) in [4.78, 5) is 0. The van der Waals surface area contributed by atoms with Gasteiger partial charge in [0.1, 0.15) is 0 Å². The van der Waals surface area contributed by atoms with E-state index in [2.05, 4.69) is 18.8 Å². The molecule has 1 atom stereocenters. The third kappa shape index (κ3) is 3.82. The maximum atomic E-state index is 6.14. The lowest BCUT2D eigenvalue weighted by Crippen LogP contribution is -2.30. The predicted molar refractivity (Wildman–Crippen MR) is 72.4 cm³/mol. The Morgan fingerprint density at radius 3 is 2.50 bits per heavy atom. The molecule has 1 nitrogen and oxygen atoms in total. The molecule has 0 bridgehead atoms. The number of rotatable bonds is 6. The molecule has 3 heteroatoms. The number of nitrogens with one attached hydrogen (secondary N) is 1. The van der Waals surface area contributed by atoms with Gasteiger partial charge in [0.15, 0.2) is 0 Å². The van der Waals surface area contributed by atoms with Crippen molar-refractivity contribution in [3.63, 3.8) is 0 Å². The monoisotopic (exact) mass is 257 g/mol. The Labute approximate surface area is 107 Å². The van der Waals surface area contributed by atoms with Gasteiger partial charge in [0.2, 0.25) is 0 Å². The average molecular weight is 258 g/mol. The highest BCUT2D eigenvalue weighted by atomic mass is 35.5. The fraction of sp³-hybridized carbons (Fsp3) is 0.385. The van der Waals surface area contributed by atoms with Crippen molar-refractivity contribution >= 4 is 23.2 Å². The van der Waals surface area contributed by atoms with Crippen LogP contribution in [0.25, 0.3) is 0 Å². The zero-order valence-electron chi connectivity index (χ0n) is 9.47. The number of halogens is 2. The van der Waals surface area contributed by atoms with Crippen molar-refractivity contribution in [2.75, 3.05) is 6.54 Å². The molecule has 0 aliphatic carbocycles. The summed E-state index contributed by atoms with van der Waals surface area (Å²) in [7, 11) is 0. The summed E-state index contributed by atoms with van der Waals surface area (Å²) in [6.07, 6.45) is 3.66. The van der Waals surface area contributed by atoms with Crippen molar-refractivity contribution in [1.29, 1.82) is 0 Å². The highest BCUT2D eigenvalue weighted by molar-refractivity contribution is 6.35. The molecular formula is C13H17Cl2N. The Balaban J connectivity index is 2.79. The van der Waals surface area contributed by atoms with Crippen LogP contribution in [0.15, 0.2) is 30.9 Å². The first kappa shape index (κ1) is 13.6. The van der Waals surface area contributed by atoms with Crippen LogP contribution in [-0.4, -0.2) is 12.6 Å². The van der Waals surface area contributed by atoms with Crippen molar-refractivity contribution in [3.05, 3.63) is 46.5 Å². The molecule has 0 saturated carbocycles. The molecule has 0 aliphatic heterocycles. The molecule has 1 rings (SSSR count). The van der Waals surface area contributed by atoms with Crippen LogP contribution in [0.3, 0.4) is 0 Å². The van der Waals surface area contributed by atoms with E-state index in [1.807, 2.05) is 24.3 Å². The molecule has 1 aromatic carbocycles. The molecule has 1 N–H and O–H groups in total. The van der Waals surface area contributed by atoms with E-state index in [9.17, 15) is 0 Å². The van der Waals surface area contributed by atoms with Gasteiger partial charge in [-0.05, 0) is 37.1 Å². The molecule has 1 aromatic rings. The van der Waals surface area contributed by atoms with Gasteiger partial charge < -0.3 is 5.32 Å². The molecule has 0 aliphatic rings. The first-order valence-corrected chi connectivity index (χ1v) is 6.21. The minimum Gasteiger partial charge on any atom is -0.314 e. The van der Waals surface area contributed by atoms with E-state index in [1.165, 1.54) is 0 Å². The molecule has 0 heterocycles. The number of hydrogen-bond acceptors (Lipinski definition) is 1. The van der Waals surface area contributed by atoms with Gasteiger partial charge >= 0.3 is 0 Å². The van der Waals surface area contributed by atoms with Gasteiger partial charge in [-0.15, -0.1) is 6.58 Å². The van der Waals surface area contributed by atoms with E-state index in [1.54, 1.807) is 0 Å². The quantitative estimate of drug-likeness (QED) is 0.758. The average Bonchev–Trinajstić information content (AvgIpc) is 2.24. The van der Waals surface area contributed by atoms with Gasteiger partial charge in [-0.1, -0.05) is 42.3 Å². The molecule has 88 valence electrons. The summed E-state index contributed by atoms with van der Waals surface area (Å²) >= 11 is 12.3. The van der Waals surface area contributed by atoms with Crippen LogP contribution in [0.5, 0.6) is 0 Å². The largest absolute Gasteiger partial charge is 0.314 e. The van der Waals surface area contributed by atoms with E-state index in [0.29, 0.717) is 6.04 Å². The second kappa shape index (κ2) is 6.95. The zero-order valence-corrected chi connectivity index (χ0v) is 11.0. The van der Waals surface area contributed by atoms with Crippen molar-refractivity contribution in [2.24, 2.45) is 0 Å². The van der Waals surface area contributed by atoms with Gasteiger partial charge in [-0.3, -0.25) is 0 Å². The molecule has 0 aromatic heterocycles. The number of hydrogen-bond donors (Lipinski definition) is 1. The topological polar surface area (TPSA) is 12.0 Å². The Hall–Kier alpha value is -0.500. The maximum Gasteiger partial charge on any atom is 0.0453 e. The van der Waals surface area contributed by atoms with Gasteiger partial charge in [-0.25, -0.2) is 0 Å². The lowest BCUT2D eigenvalue weighted by Gasteiger charge is -2.17. The summed E-state index contributed by atoms with van der Waals surface area (Å²) in [6.45, 7) is 6.78. The van der Waals surface area contributed by atoms with Crippen molar-refractivity contribution in [3.8, 4) is 0 Å². The van der Waals surface area contributed by atoms with Gasteiger partial charge in [0.25, 0.3) is 0 Å². The first-order chi connectivity index (χ1) is 7.69. The van der Waals surface area contributed by atoms with E-state index >= 15 is 0 Å². The van der Waals surface area contributed by atoms with E-state index in [0.717, 1.165) is 35.0 Å². The van der Waals surface area contributed by atoms with E-state index in [-0.39, 0.29) is 0 Å². The Bertz CT molecular complexity index is 330. The third-order valence-electron chi connectivity index (χ3n) is 2.46. The SMILES string of the molecule is C=CCC(Cc1c(Cl)cccc1Cl)NCC. The first-order valence-electron chi connectivity index (χ1n) is 5.46. The lowest BCUT2D eigenvalue weighted by atomic mass is 10.0. The number of benzene rings is 1. The smallest absolute Gasteiger partial charge is 0.0453 e. The van der Waals surface area contributed by atoms with Crippen LogP contribution in [0.1, 0.15) is 18.9 Å². The molecule has 0 amide bonds. The molecular weight excluding hydrogens is 241 g/mol. The van der Waals surface area contributed by atoms with Gasteiger partial charge in [0, 0.05) is 16.1 Å². The molecule has 0 saturated heterocycles. The normalized spacial score (nSPS) is 12.4. The summed E-state index contributed by atoms with van der Waals surface area (Å²) in [6, 6.07) is 5.96. The van der Waals surface area contributed by atoms with Gasteiger partial charge in [0.05, 0.1) is 0 Å². The van der Waals surface area contributed by atoms with E-state index in [4.69, 9.17) is 23.2 Å².